The van der Waals surface area contributed by atoms with Crippen LogP contribution in [0.25, 0.3) is 0 Å². The van der Waals surface area contributed by atoms with Crippen LogP contribution in [0.3, 0.4) is 0 Å². The molecule has 3 fully saturated rings. The Morgan fingerprint density at radius 1 is 0.389 bits per heavy atom. The molecule has 526 valence electrons. The number of aliphatic hydroxyl groups excluding tert-OH is 9. The molecule has 0 aromatic rings. The summed E-state index contributed by atoms with van der Waals surface area (Å²) in [5.74, 6) is -2.79. The first-order chi connectivity index (χ1) is 43.0. The molecule has 0 bridgehead atoms. The molecule has 3 heterocycles. The third-order valence-corrected chi connectivity index (χ3v) is 15.8. The zero-order valence-electron chi connectivity index (χ0n) is 54.6. The molecule has 8 unspecified atom stereocenters. The number of aliphatic hydroxyl groups is 9. The van der Waals surface area contributed by atoms with E-state index in [-0.39, 0.29) is 82.7 Å². The van der Waals surface area contributed by atoms with Crippen LogP contribution in [-0.2, 0) is 61.9 Å². The maximum Gasteiger partial charge on any atom is 0.243 e. The van der Waals surface area contributed by atoms with Crippen molar-refractivity contribution in [2.45, 2.75) is 256 Å². The van der Waals surface area contributed by atoms with E-state index < -0.39 is 141 Å². The normalized spacial score (nSPS) is 27.4. The van der Waals surface area contributed by atoms with Gasteiger partial charge in [0, 0.05) is 103 Å². The fourth-order valence-electron chi connectivity index (χ4n) is 10.1. The van der Waals surface area contributed by atoms with Gasteiger partial charge in [-0.05, 0) is 102 Å². The van der Waals surface area contributed by atoms with Gasteiger partial charge in [0.1, 0.15) is 48.7 Å². The summed E-state index contributed by atoms with van der Waals surface area (Å²) in [6.07, 6.45) is -4.66. The maximum atomic E-state index is 14.2. The fraction of sp³-hybridized carbons (Fsp3) is 0.903. The van der Waals surface area contributed by atoms with Crippen molar-refractivity contribution in [2.75, 3.05) is 79.5 Å². The summed E-state index contributed by atoms with van der Waals surface area (Å²) in [6, 6.07) is -2.09. The third kappa shape index (κ3) is 32.8. The summed E-state index contributed by atoms with van der Waals surface area (Å²) in [6.45, 7) is 12.5. The molecule has 0 aromatic heterocycles. The largest absolute Gasteiger partial charge is 0.394 e. The van der Waals surface area contributed by atoms with E-state index in [1.165, 1.54) is 0 Å². The minimum absolute atomic E-state index is 0.00701. The van der Waals surface area contributed by atoms with Crippen LogP contribution < -0.4 is 31.9 Å². The molecule has 28 nitrogen and oxygen atoms in total. The van der Waals surface area contributed by atoms with Crippen molar-refractivity contribution in [3.8, 4) is 0 Å². The van der Waals surface area contributed by atoms with Crippen molar-refractivity contribution < 1.29 is 108 Å². The minimum Gasteiger partial charge on any atom is -0.394 e. The summed E-state index contributed by atoms with van der Waals surface area (Å²) in [5, 5.41) is 107. The number of hydrogen-bond donors (Lipinski definition) is 15. The van der Waals surface area contributed by atoms with E-state index in [2.05, 4.69) is 52.7 Å². The minimum atomic E-state index is -1.28. The molecule has 28 heteroatoms. The molecule has 17 atom stereocenters. The molecule has 0 aliphatic carbocycles. The Morgan fingerprint density at radius 2 is 0.711 bits per heavy atom. The molecule has 6 amide bonds. The summed E-state index contributed by atoms with van der Waals surface area (Å²) in [5.41, 5.74) is 0. The van der Waals surface area contributed by atoms with Crippen molar-refractivity contribution in [3.63, 3.8) is 0 Å². The Bertz CT molecular complexity index is 1960. The van der Waals surface area contributed by atoms with E-state index in [1.807, 2.05) is 0 Å². The number of carbonyl (C=O) groups is 6. The van der Waals surface area contributed by atoms with Crippen molar-refractivity contribution >= 4 is 35.4 Å². The first-order valence-corrected chi connectivity index (χ1v) is 32.9. The highest BCUT2D eigenvalue weighted by atomic mass is 16.7. The standard InChI is InChI=1S/C58H106N6O22.C4H10/c1-36-48(72)51(75)41(33-65)84-56(36)81-30-15-9-22-45(69)59-25-13-7-19-39(54(78)62-27-12-5-6-21-44(68)61-28-18-29-80-4)64-55(79)40(63-47(71)24-11-17-32-83-58-38(3)50(74)53(77)43(35-67)86-58)20-8-14-26-60-46(70)23-10-16-31-82-57-37(2)49(73)52(76)42(34-66)85-57;1-4(2)3/h36-43,48-53,56-58,65-67,72-77H,5-35H2,1-4H3,(H,59,69)(H,60,70)(H,61,68)(H,62,78)(H,63,71)(H,64,79);4H,1-3H3/t36?,37?,38?,39?,40?,41?,42?,43?,48-,49-,50-,51+,52+,53+,56-,57-,58-;/m1./s1. The predicted octanol–water partition coefficient (Wildman–Crippen LogP) is -0.193. The molecule has 0 radical (unpaired) electrons. The summed E-state index contributed by atoms with van der Waals surface area (Å²) in [7, 11) is 1.59. The highest BCUT2D eigenvalue weighted by Gasteiger charge is 2.45. The van der Waals surface area contributed by atoms with Crippen LogP contribution in [0.4, 0.5) is 0 Å². The molecule has 0 saturated carbocycles. The number of ether oxygens (including phenoxy) is 7. The van der Waals surface area contributed by atoms with E-state index in [9.17, 15) is 74.7 Å². The third-order valence-electron chi connectivity index (χ3n) is 15.8. The Hall–Kier alpha value is -3.82. The van der Waals surface area contributed by atoms with Gasteiger partial charge in [0.25, 0.3) is 0 Å². The second-order valence-corrected chi connectivity index (χ2v) is 24.6. The first-order valence-electron chi connectivity index (χ1n) is 32.9. The van der Waals surface area contributed by atoms with Crippen LogP contribution in [0.5, 0.6) is 0 Å². The van der Waals surface area contributed by atoms with Crippen LogP contribution in [0.1, 0.15) is 170 Å². The SMILES string of the molecule is CC(C)C.COCCCNC(=O)CCCCCNC(=O)C(CCCCNC(=O)CCCCO[C@@H]1OC(CO)[C@H](O)[C@H](O)C1C)NC(=O)C(CCCCNC(=O)CCCCO[C@@H]1OC(CO)[C@H](O)[C@H](O)C1C)NC(=O)CCCCO[C@@H]1OC(CO)[C@H](O)[C@H](O)C1C. The fourth-order valence-corrected chi connectivity index (χ4v) is 10.1. The first kappa shape index (κ1) is 82.3. The predicted molar refractivity (Wildman–Crippen MR) is 329 cm³/mol. The molecule has 0 spiro atoms. The molecule has 15 N–H and O–H groups in total. The van der Waals surface area contributed by atoms with Crippen molar-refractivity contribution in [1.29, 1.82) is 0 Å². The second kappa shape index (κ2) is 48.0. The van der Waals surface area contributed by atoms with Gasteiger partial charge in [-0.15, -0.1) is 0 Å². The molecule has 0 aromatic carbocycles. The quantitative estimate of drug-likeness (QED) is 0.0351. The van der Waals surface area contributed by atoms with Gasteiger partial charge in [0.2, 0.25) is 35.4 Å². The zero-order valence-corrected chi connectivity index (χ0v) is 54.6. The van der Waals surface area contributed by atoms with Crippen molar-refractivity contribution in [3.05, 3.63) is 0 Å². The van der Waals surface area contributed by atoms with Gasteiger partial charge in [-0.2, -0.15) is 0 Å². The topological polar surface area (TPSA) is 421 Å². The monoisotopic (exact) mass is 1300 g/mol. The number of unbranched alkanes of at least 4 members (excludes halogenated alkanes) is 7. The molecule has 3 aliphatic heterocycles. The van der Waals surface area contributed by atoms with Crippen LogP contribution in [0.2, 0.25) is 0 Å². The summed E-state index contributed by atoms with van der Waals surface area (Å²) in [4.78, 5) is 79.2. The molecule has 90 heavy (non-hydrogen) atoms. The lowest BCUT2D eigenvalue weighted by molar-refractivity contribution is -0.282. The Kier molecular flexibility index (Phi) is 43.8. The average molecular weight is 1300 g/mol. The van der Waals surface area contributed by atoms with Crippen LogP contribution >= 0.6 is 0 Å². The number of carbonyl (C=O) groups excluding carboxylic acids is 6. The Balaban J connectivity index is 0.00000668. The van der Waals surface area contributed by atoms with E-state index in [1.54, 1.807) is 27.9 Å². The number of methoxy groups -OCH3 is 1. The number of hydrogen-bond acceptors (Lipinski definition) is 22. The lowest BCUT2D eigenvalue weighted by atomic mass is 9.92. The van der Waals surface area contributed by atoms with Gasteiger partial charge in [0.15, 0.2) is 18.9 Å². The lowest BCUT2D eigenvalue weighted by Gasteiger charge is -2.40. The number of rotatable bonds is 45. The van der Waals surface area contributed by atoms with E-state index in [4.69, 9.17) is 33.2 Å². The molecular formula is C62H116N6O22. The van der Waals surface area contributed by atoms with Crippen molar-refractivity contribution in [1.82, 2.24) is 31.9 Å². The van der Waals surface area contributed by atoms with Crippen LogP contribution in [-0.4, -0.2) is 247 Å². The molecule has 3 saturated heterocycles. The van der Waals surface area contributed by atoms with E-state index >= 15 is 0 Å². The van der Waals surface area contributed by atoms with Gasteiger partial charge < -0.3 is 111 Å². The van der Waals surface area contributed by atoms with Crippen LogP contribution in [0.15, 0.2) is 0 Å². The van der Waals surface area contributed by atoms with Gasteiger partial charge in [-0.1, -0.05) is 48.0 Å². The molecule has 3 rings (SSSR count). The number of nitrogens with one attached hydrogen (secondary N) is 6. The van der Waals surface area contributed by atoms with Gasteiger partial charge in [-0.3, -0.25) is 28.8 Å². The Labute approximate surface area is 532 Å². The summed E-state index contributed by atoms with van der Waals surface area (Å²) < 4.78 is 39.1. The Morgan fingerprint density at radius 3 is 1.08 bits per heavy atom. The zero-order chi connectivity index (χ0) is 67.0. The highest BCUT2D eigenvalue weighted by molar-refractivity contribution is 5.92. The molecular weight excluding hydrogens is 1180 g/mol. The molecule has 3 aliphatic rings. The highest BCUT2D eigenvalue weighted by Crippen LogP contribution is 2.29. The van der Waals surface area contributed by atoms with Crippen LogP contribution in [0, 0.1) is 23.7 Å². The van der Waals surface area contributed by atoms with E-state index in [0.717, 1.165) is 5.92 Å². The van der Waals surface area contributed by atoms with Gasteiger partial charge in [0.05, 0.1) is 38.1 Å². The summed E-state index contributed by atoms with van der Waals surface area (Å²) >= 11 is 0. The number of amides is 6. The lowest BCUT2D eigenvalue weighted by Crippen LogP contribution is -2.55. The second-order valence-electron chi connectivity index (χ2n) is 24.6. The van der Waals surface area contributed by atoms with Crippen molar-refractivity contribution in [2.24, 2.45) is 23.7 Å². The maximum absolute atomic E-state index is 14.2. The van der Waals surface area contributed by atoms with Gasteiger partial charge >= 0.3 is 0 Å². The smallest absolute Gasteiger partial charge is 0.243 e. The average Bonchev–Trinajstić information content (AvgIpc) is 1.75. The van der Waals surface area contributed by atoms with E-state index in [0.29, 0.717) is 116 Å². The van der Waals surface area contributed by atoms with Gasteiger partial charge in [-0.25, -0.2) is 0 Å².